The highest BCUT2D eigenvalue weighted by Gasteiger charge is 2.27. The second kappa shape index (κ2) is 5.95. The number of hydrogen-bond donors (Lipinski definition) is 1. The van der Waals surface area contributed by atoms with E-state index in [-0.39, 0.29) is 6.09 Å². The Hall–Kier alpha value is -1.37. The van der Waals surface area contributed by atoms with Crippen molar-refractivity contribution >= 4 is 22.6 Å². The number of nitrogens with two attached hydrogens (primary N) is 1. The fourth-order valence-corrected chi connectivity index (χ4v) is 2.97. The van der Waals surface area contributed by atoms with Gasteiger partial charge in [0.15, 0.2) is 0 Å². The van der Waals surface area contributed by atoms with E-state index in [9.17, 15) is 4.79 Å². The second-order valence-corrected chi connectivity index (χ2v) is 7.24. The lowest BCUT2D eigenvalue weighted by Gasteiger charge is -2.33. The summed E-state index contributed by atoms with van der Waals surface area (Å²) in [6.45, 7) is 7.15. The fourth-order valence-electron chi connectivity index (χ4n) is 2.24. The number of likely N-dealkylation sites (tertiary alicyclic amines) is 1. The van der Waals surface area contributed by atoms with Crippen molar-refractivity contribution in [1.29, 1.82) is 0 Å². The van der Waals surface area contributed by atoms with Crippen LogP contribution in [0.1, 0.15) is 38.6 Å². The van der Waals surface area contributed by atoms with E-state index in [4.69, 9.17) is 10.5 Å². The maximum Gasteiger partial charge on any atom is 0.410 e. The maximum atomic E-state index is 11.9. The summed E-state index contributed by atoms with van der Waals surface area (Å²) in [6.07, 6.45) is 2.63. The van der Waals surface area contributed by atoms with Crippen LogP contribution in [0.5, 0.6) is 0 Å². The van der Waals surface area contributed by atoms with E-state index >= 15 is 0 Å². The molecule has 20 heavy (non-hydrogen) atoms. The molecule has 2 rings (SSSR count). The first kappa shape index (κ1) is 15.0. The zero-order valence-corrected chi connectivity index (χ0v) is 13.1. The van der Waals surface area contributed by atoms with Crippen LogP contribution >= 0.6 is 11.3 Å². The molecule has 1 aliphatic heterocycles. The molecular weight excluding hydrogens is 276 g/mol. The van der Waals surface area contributed by atoms with Gasteiger partial charge >= 0.3 is 6.09 Å². The molecule has 0 saturated carbocycles. The van der Waals surface area contributed by atoms with Crippen LogP contribution in [0.3, 0.4) is 0 Å². The average molecular weight is 298 g/mol. The third-order valence-corrected chi connectivity index (χ3v) is 3.99. The molecule has 112 valence electrons. The SMILES string of the molecule is CC(C)(C)OC(=O)N1CCC(Cc2nnc(N)s2)CC1. The third kappa shape index (κ3) is 4.33. The maximum absolute atomic E-state index is 11.9. The van der Waals surface area contributed by atoms with Crippen LogP contribution in [0.25, 0.3) is 0 Å². The first-order valence-corrected chi connectivity index (χ1v) is 7.71. The molecule has 0 aliphatic carbocycles. The minimum Gasteiger partial charge on any atom is -0.444 e. The van der Waals surface area contributed by atoms with Gasteiger partial charge in [-0.15, -0.1) is 10.2 Å². The van der Waals surface area contributed by atoms with Crippen LogP contribution in [0.4, 0.5) is 9.93 Å². The number of anilines is 1. The normalized spacial score (nSPS) is 17.2. The summed E-state index contributed by atoms with van der Waals surface area (Å²) < 4.78 is 5.38. The van der Waals surface area contributed by atoms with Crippen LogP contribution in [-0.4, -0.2) is 39.9 Å². The van der Waals surface area contributed by atoms with E-state index in [0.29, 0.717) is 11.0 Å². The van der Waals surface area contributed by atoms with Crippen LogP contribution in [-0.2, 0) is 11.2 Å². The Kier molecular flexibility index (Phi) is 4.47. The molecule has 0 bridgehead atoms. The summed E-state index contributed by atoms with van der Waals surface area (Å²) in [5.74, 6) is 0.543. The molecule has 1 saturated heterocycles. The van der Waals surface area contributed by atoms with Crippen molar-refractivity contribution in [2.24, 2.45) is 5.92 Å². The minimum absolute atomic E-state index is 0.212. The van der Waals surface area contributed by atoms with E-state index < -0.39 is 5.60 Å². The van der Waals surface area contributed by atoms with Gasteiger partial charge in [0.2, 0.25) is 5.13 Å². The summed E-state index contributed by atoms with van der Waals surface area (Å²) in [5, 5.41) is 9.38. The van der Waals surface area contributed by atoms with E-state index in [2.05, 4.69) is 10.2 Å². The van der Waals surface area contributed by atoms with Crippen LogP contribution < -0.4 is 5.73 Å². The molecule has 2 N–H and O–H groups in total. The van der Waals surface area contributed by atoms with Crippen molar-refractivity contribution in [3.63, 3.8) is 0 Å². The van der Waals surface area contributed by atoms with Gasteiger partial charge in [-0.05, 0) is 39.5 Å². The molecule has 1 aromatic rings. The molecule has 2 heterocycles. The van der Waals surface area contributed by atoms with Gasteiger partial charge in [0, 0.05) is 19.5 Å². The number of carbonyl (C=O) groups is 1. The van der Waals surface area contributed by atoms with E-state index in [1.165, 1.54) is 11.3 Å². The summed E-state index contributed by atoms with van der Waals surface area (Å²) in [5.41, 5.74) is 5.15. The number of nitrogens with zero attached hydrogens (tertiary/aromatic N) is 3. The van der Waals surface area contributed by atoms with Gasteiger partial charge < -0.3 is 15.4 Å². The molecule has 6 nitrogen and oxygen atoms in total. The number of nitrogen functional groups attached to an aromatic ring is 1. The van der Waals surface area contributed by atoms with E-state index in [1.807, 2.05) is 20.8 Å². The molecule has 0 spiro atoms. The predicted octanol–water partition coefficient (Wildman–Crippen LogP) is 2.31. The molecule has 0 atom stereocenters. The molecule has 1 aliphatic rings. The number of rotatable bonds is 2. The van der Waals surface area contributed by atoms with Crippen molar-refractivity contribution < 1.29 is 9.53 Å². The van der Waals surface area contributed by atoms with Gasteiger partial charge in [0.05, 0.1) is 0 Å². The molecule has 1 fully saturated rings. The van der Waals surface area contributed by atoms with Crippen molar-refractivity contribution in [2.45, 2.75) is 45.6 Å². The monoisotopic (exact) mass is 298 g/mol. The van der Waals surface area contributed by atoms with Crippen molar-refractivity contribution in [3.05, 3.63) is 5.01 Å². The second-order valence-electron chi connectivity index (χ2n) is 6.15. The summed E-state index contributed by atoms with van der Waals surface area (Å²) in [4.78, 5) is 13.7. The highest BCUT2D eigenvalue weighted by molar-refractivity contribution is 7.15. The van der Waals surface area contributed by atoms with Crippen LogP contribution in [0.15, 0.2) is 0 Å². The van der Waals surface area contributed by atoms with Crippen LogP contribution in [0, 0.1) is 5.92 Å². The van der Waals surface area contributed by atoms with E-state index in [1.54, 1.807) is 4.90 Å². The Balaban J connectivity index is 1.79. The summed E-state index contributed by atoms with van der Waals surface area (Å²) in [6, 6.07) is 0. The number of aromatic nitrogens is 2. The van der Waals surface area contributed by atoms with Crippen molar-refractivity contribution in [2.75, 3.05) is 18.8 Å². The Labute approximate surface area is 123 Å². The van der Waals surface area contributed by atoms with Gasteiger partial charge in [-0.1, -0.05) is 11.3 Å². The predicted molar refractivity (Wildman–Crippen MR) is 78.6 cm³/mol. The third-order valence-electron chi connectivity index (χ3n) is 3.21. The van der Waals surface area contributed by atoms with Crippen molar-refractivity contribution in [3.8, 4) is 0 Å². The molecular formula is C13H22N4O2S. The number of hydrogen-bond acceptors (Lipinski definition) is 6. The molecule has 0 aromatic carbocycles. The van der Waals surface area contributed by atoms with E-state index in [0.717, 1.165) is 37.4 Å². The lowest BCUT2D eigenvalue weighted by molar-refractivity contribution is 0.0184. The molecule has 0 unspecified atom stereocenters. The quantitative estimate of drug-likeness (QED) is 0.906. The average Bonchev–Trinajstić information content (AvgIpc) is 2.73. The Bertz CT molecular complexity index is 461. The first-order chi connectivity index (χ1) is 9.33. The smallest absolute Gasteiger partial charge is 0.410 e. The largest absolute Gasteiger partial charge is 0.444 e. The van der Waals surface area contributed by atoms with Crippen LogP contribution in [0.2, 0.25) is 0 Å². The lowest BCUT2D eigenvalue weighted by Crippen LogP contribution is -2.42. The highest BCUT2D eigenvalue weighted by Crippen LogP contribution is 2.24. The molecule has 1 amide bonds. The molecule has 1 aromatic heterocycles. The summed E-state index contributed by atoms with van der Waals surface area (Å²) >= 11 is 1.45. The number of amides is 1. The van der Waals surface area contributed by atoms with Crippen molar-refractivity contribution in [1.82, 2.24) is 15.1 Å². The first-order valence-electron chi connectivity index (χ1n) is 6.89. The molecule has 7 heteroatoms. The standard InChI is InChI=1S/C13H22N4O2S/c1-13(2,3)19-12(18)17-6-4-9(5-7-17)8-10-15-16-11(14)20-10/h9H,4-8H2,1-3H3,(H2,14,16). The fraction of sp³-hybridized carbons (Fsp3) is 0.769. The zero-order chi connectivity index (χ0) is 14.8. The highest BCUT2D eigenvalue weighted by atomic mass is 32.1. The Morgan fingerprint density at radius 3 is 2.55 bits per heavy atom. The Morgan fingerprint density at radius 1 is 1.40 bits per heavy atom. The molecule has 0 radical (unpaired) electrons. The lowest BCUT2D eigenvalue weighted by atomic mass is 9.94. The number of ether oxygens (including phenoxy) is 1. The summed E-state index contributed by atoms with van der Waals surface area (Å²) in [7, 11) is 0. The number of carbonyl (C=O) groups excluding carboxylic acids is 1. The van der Waals surface area contributed by atoms with Gasteiger partial charge in [0.1, 0.15) is 10.6 Å². The Morgan fingerprint density at radius 2 is 2.05 bits per heavy atom. The zero-order valence-electron chi connectivity index (χ0n) is 12.3. The van der Waals surface area contributed by atoms with Gasteiger partial charge in [-0.3, -0.25) is 0 Å². The topological polar surface area (TPSA) is 81.3 Å². The van der Waals surface area contributed by atoms with Gasteiger partial charge in [-0.2, -0.15) is 0 Å². The minimum atomic E-state index is -0.433. The van der Waals surface area contributed by atoms with Gasteiger partial charge in [0.25, 0.3) is 0 Å². The number of piperidine rings is 1. The van der Waals surface area contributed by atoms with Gasteiger partial charge in [-0.25, -0.2) is 4.79 Å².